The molecule has 0 aromatic carbocycles. The number of aryl methyl sites for hydroxylation is 1. The van der Waals surface area contributed by atoms with Crippen molar-refractivity contribution in [2.45, 2.75) is 39.7 Å². The number of hydrogen-bond donors (Lipinski definition) is 3. The van der Waals surface area contributed by atoms with E-state index in [-0.39, 0.29) is 36.4 Å². The Hall–Kier alpha value is -2.04. The van der Waals surface area contributed by atoms with Crippen LogP contribution >= 0.6 is 19.6 Å². The molecular weight excluding hydrogens is 431 g/mol. The average Bonchev–Trinajstić information content (AvgIpc) is 3.20. The molecule has 0 saturated carbocycles. The van der Waals surface area contributed by atoms with Gasteiger partial charge in [0.05, 0.1) is 13.2 Å². The molecule has 12 heteroatoms. The summed E-state index contributed by atoms with van der Waals surface area (Å²) in [6.45, 7) is 3.13. The molecule has 10 nitrogen and oxygen atoms in total. The van der Waals surface area contributed by atoms with Crippen molar-refractivity contribution in [1.82, 2.24) is 14.9 Å². The SMILES string of the molecule is CC(=C(CCOP(=O)(O)O)SC(=O)C1CC=CC1)N(C=O)Cc1cnc(C)nc1N. The van der Waals surface area contributed by atoms with E-state index in [1.165, 1.54) is 11.1 Å². The molecule has 2 rings (SSSR count). The molecule has 1 aromatic rings. The maximum atomic E-state index is 12.6. The van der Waals surface area contributed by atoms with Crippen LogP contribution in [0.25, 0.3) is 0 Å². The lowest BCUT2D eigenvalue weighted by Crippen LogP contribution is -2.22. The van der Waals surface area contributed by atoms with Gasteiger partial charge >= 0.3 is 7.82 Å². The van der Waals surface area contributed by atoms with E-state index >= 15 is 0 Å². The Balaban J connectivity index is 2.23. The minimum atomic E-state index is -4.65. The summed E-state index contributed by atoms with van der Waals surface area (Å²) in [6, 6.07) is 0. The van der Waals surface area contributed by atoms with E-state index in [1.807, 2.05) is 12.2 Å². The largest absolute Gasteiger partial charge is 0.469 e. The van der Waals surface area contributed by atoms with E-state index in [9.17, 15) is 14.2 Å². The number of nitrogen functional groups attached to an aromatic ring is 1. The van der Waals surface area contributed by atoms with Crippen LogP contribution in [0.3, 0.4) is 0 Å². The smallest absolute Gasteiger partial charge is 0.383 e. The molecule has 0 atom stereocenters. The van der Waals surface area contributed by atoms with Crippen molar-refractivity contribution < 1.29 is 28.5 Å². The molecule has 0 radical (unpaired) electrons. The van der Waals surface area contributed by atoms with Crippen LogP contribution in [0, 0.1) is 12.8 Å². The number of carbonyl (C=O) groups excluding carboxylic acids is 2. The summed E-state index contributed by atoms with van der Waals surface area (Å²) in [5, 5.41) is -0.0745. The zero-order chi connectivity index (χ0) is 22.3. The fourth-order valence-corrected chi connectivity index (χ4v) is 4.17. The second-order valence-corrected chi connectivity index (χ2v) is 9.04. The number of nitrogens with zero attached hydrogens (tertiary/aromatic N) is 3. The van der Waals surface area contributed by atoms with Crippen LogP contribution in [0.4, 0.5) is 5.82 Å². The molecule has 164 valence electrons. The summed E-state index contributed by atoms with van der Waals surface area (Å²) in [7, 11) is -4.65. The van der Waals surface area contributed by atoms with Crippen LogP contribution in [0.2, 0.25) is 0 Å². The molecular formula is C18H25N4O6PS. The minimum Gasteiger partial charge on any atom is -0.383 e. The van der Waals surface area contributed by atoms with Crippen molar-refractivity contribution in [2.24, 2.45) is 5.92 Å². The van der Waals surface area contributed by atoms with Crippen molar-refractivity contribution in [2.75, 3.05) is 12.3 Å². The second kappa shape index (κ2) is 10.8. The van der Waals surface area contributed by atoms with Crippen molar-refractivity contribution in [3.8, 4) is 0 Å². The maximum Gasteiger partial charge on any atom is 0.469 e. The lowest BCUT2D eigenvalue weighted by Gasteiger charge is -2.22. The number of allylic oxidation sites excluding steroid dienone is 3. The number of phosphoric ester groups is 1. The maximum absolute atomic E-state index is 12.6. The Bertz CT molecular complexity index is 893. The Labute approximate surface area is 178 Å². The van der Waals surface area contributed by atoms with Gasteiger partial charge in [-0.2, -0.15) is 0 Å². The molecule has 0 spiro atoms. The van der Waals surface area contributed by atoms with E-state index in [0.717, 1.165) is 11.8 Å². The molecule has 4 N–H and O–H groups in total. The molecule has 1 aliphatic rings. The van der Waals surface area contributed by atoms with Gasteiger partial charge in [0.2, 0.25) is 6.41 Å². The normalized spacial score (nSPS) is 15.2. The van der Waals surface area contributed by atoms with Gasteiger partial charge in [-0.25, -0.2) is 14.5 Å². The molecule has 0 fully saturated rings. The number of amides is 1. The number of rotatable bonds is 10. The summed E-state index contributed by atoms with van der Waals surface area (Å²) in [5.74, 6) is 0.586. The second-order valence-electron chi connectivity index (χ2n) is 6.70. The Morgan fingerprint density at radius 3 is 2.67 bits per heavy atom. The number of phosphoric acid groups is 1. The number of nitrogens with two attached hydrogens (primary N) is 1. The van der Waals surface area contributed by atoms with Gasteiger partial charge in [0.15, 0.2) is 5.12 Å². The van der Waals surface area contributed by atoms with E-state index in [0.29, 0.717) is 41.2 Å². The van der Waals surface area contributed by atoms with Crippen LogP contribution in [-0.2, 0) is 25.2 Å². The molecule has 0 saturated heterocycles. The molecule has 1 aliphatic carbocycles. The first kappa shape index (κ1) is 24.2. The van der Waals surface area contributed by atoms with E-state index in [4.69, 9.17) is 15.5 Å². The fourth-order valence-electron chi connectivity index (χ4n) is 2.79. The summed E-state index contributed by atoms with van der Waals surface area (Å²) in [6.07, 6.45) is 7.35. The monoisotopic (exact) mass is 456 g/mol. The van der Waals surface area contributed by atoms with Crippen LogP contribution in [0.15, 0.2) is 29.0 Å². The summed E-state index contributed by atoms with van der Waals surface area (Å²) in [5.41, 5.74) is 6.91. The Kier molecular flexibility index (Phi) is 8.75. The van der Waals surface area contributed by atoms with Gasteiger partial charge in [-0.1, -0.05) is 23.9 Å². The zero-order valence-corrected chi connectivity index (χ0v) is 18.4. The van der Waals surface area contributed by atoms with Gasteiger partial charge in [-0.3, -0.25) is 14.1 Å². The van der Waals surface area contributed by atoms with Crippen LogP contribution in [0.1, 0.15) is 37.6 Å². The minimum absolute atomic E-state index is 0.0533. The first-order chi connectivity index (χ1) is 14.1. The molecule has 1 aromatic heterocycles. The number of hydrogen-bond acceptors (Lipinski definition) is 8. The first-order valence-corrected chi connectivity index (χ1v) is 11.5. The summed E-state index contributed by atoms with van der Waals surface area (Å²) in [4.78, 5) is 52.2. The quantitative estimate of drug-likeness (QED) is 0.271. The van der Waals surface area contributed by atoms with Gasteiger partial charge in [-0.15, -0.1) is 0 Å². The number of aromatic nitrogens is 2. The number of carbonyl (C=O) groups is 2. The van der Waals surface area contributed by atoms with E-state index in [1.54, 1.807) is 13.8 Å². The summed E-state index contributed by atoms with van der Waals surface area (Å²) < 4.78 is 15.5. The van der Waals surface area contributed by atoms with Gasteiger partial charge in [-0.05, 0) is 26.7 Å². The fraction of sp³-hybridized carbons (Fsp3) is 0.444. The highest BCUT2D eigenvalue weighted by atomic mass is 32.2. The lowest BCUT2D eigenvalue weighted by molar-refractivity contribution is -0.117. The van der Waals surface area contributed by atoms with Gasteiger partial charge < -0.3 is 20.4 Å². The third kappa shape index (κ3) is 7.33. The highest BCUT2D eigenvalue weighted by molar-refractivity contribution is 8.17. The predicted molar refractivity (Wildman–Crippen MR) is 113 cm³/mol. The van der Waals surface area contributed by atoms with Gasteiger partial charge in [0, 0.05) is 34.7 Å². The third-order valence-electron chi connectivity index (χ3n) is 4.47. The first-order valence-electron chi connectivity index (χ1n) is 9.17. The van der Waals surface area contributed by atoms with Crippen LogP contribution in [-0.4, -0.2) is 42.8 Å². The molecule has 0 aliphatic heterocycles. The summed E-state index contributed by atoms with van der Waals surface area (Å²) >= 11 is 0.966. The third-order valence-corrected chi connectivity index (χ3v) is 6.27. The van der Waals surface area contributed by atoms with Gasteiger partial charge in [0.25, 0.3) is 0 Å². The Morgan fingerprint density at radius 2 is 2.10 bits per heavy atom. The highest BCUT2D eigenvalue weighted by Gasteiger charge is 2.24. The van der Waals surface area contributed by atoms with Crippen molar-refractivity contribution in [3.63, 3.8) is 0 Å². The number of thioether (sulfide) groups is 1. The standard InChI is InChI=1S/C18H25N4O6PS/c1-12(22(11-23)10-15-9-20-13(2)21-17(15)19)16(7-8-28-29(25,26)27)30-18(24)14-5-3-4-6-14/h3-4,9,11,14H,5-8,10H2,1-2H3,(H2,19,20,21)(H2,25,26,27). The van der Waals surface area contributed by atoms with Crippen LogP contribution < -0.4 is 5.73 Å². The molecule has 0 unspecified atom stereocenters. The lowest BCUT2D eigenvalue weighted by atomic mass is 10.1. The molecule has 1 heterocycles. The molecule has 0 bridgehead atoms. The Morgan fingerprint density at radius 1 is 1.43 bits per heavy atom. The zero-order valence-electron chi connectivity index (χ0n) is 16.7. The van der Waals surface area contributed by atoms with Crippen molar-refractivity contribution in [3.05, 3.63) is 40.3 Å². The molecule has 30 heavy (non-hydrogen) atoms. The van der Waals surface area contributed by atoms with Crippen molar-refractivity contribution in [1.29, 1.82) is 0 Å². The van der Waals surface area contributed by atoms with Gasteiger partial charge in [0.1, 0.15) is 11.6 Å². The number of anilines is 1. The average molecular weight is 456 g/mol. The van der Waals surface area contributed by atoms with Crippen molar-refractivity contribution >= 4 is 36.9 Å². The molecule has 1 amide bonds. The van der Waals surface area contributed by atoms with E-state index < -0.39 is 7.82 Å². The topological polar surface area (TPSA) is 156 Å². The van der Waals surface area contributed by atoms with E-state index in [2.05, 4.69) is 14.5 Å². The van der Waals surface area contributed by atoms with Crippen LogP contribution in [0.5, 0.6) is 0 Å². The predicted octanol–water partition coefficient (Wildman–Crippen LogP) is 2.28. The highest BCUT2D eigenvalue weighted by Crippen LogP contribution is 2.38.